The van der Waals surface area contributed by atoms with Crippen LogP contribution in [0.4, 0.5) is 0 Å². The molecule has 1 rings (SSSR count). The number of nitrogens with one attached hydrogen (secondary N) is 2. The van der Waals surface area contributed by atoms with Crippen molar-refractivity contribution >= 4 is 29.4 Å². The zero-order valence-electron chi connectivity index (χ0n) is 14.3. The number of halogens is 1. The van der Waals surface area contributed by atoms with Crippen molar-refractivity contribution in [2.75, 3.05) is 6.61 Å². The van der Waals surface area contributed by atoms with Crippen LogP contribution in [0.3, 0.4) is 0 Å². The van der Waals surface area contributed by atoms with Gasteiger partial charge >= 0.3 is 5.97 Å². The monoisotopic (exact) mass is 354 g/mol. The van der Waals surface area contributed by atoms with Crippen LogP contribution in [-0.4, -0.2) is 36.5 Å². The number of esters is 1. The first kappa shape index (κ1) is 20.0. The smallest absolute Gasteiger partial charge is 0.328 e. The van der Waals surface area contributed by atoms with Crippen molar-refractivity contribution in [2.24, 2.45) is 5.92 Å². The van der Waals surface area contributed by atoms with E-state index < -0.39 is 17.9 Å². The molecule has 24 heavy (non-hydrogen) atoms. The molecule has 0 bridgehead atoms. The molecule has 0 saturated carbocycles. The van der Waals surface area contributed by atoms with Gasteiger partial charge in [-0.3, -0.25) is 9.59 Å². The molecule has 0 spiro atoms. The van der Waals surface area contributed by atoms with Gasteiger partial charge in [0, 0.05) is 6.04 Å². The Labute approximate surface area is 146 Å². The van der Waals surface area contributed by atoms with Gasteiger partial charge in [0.2, 0.25) is 0 Å². The van der Waals surface area contributed by atoms with Crippen LogP contribution in [0.5, 0.6) is 0 Å². The SMILES string of the molecule is CC(C)[C@@H](C)NC(=O)COC(=O)[C@H](C)NC(=O)c1ccccc1Cl. The van der Waals surface area contributed by atoms with E-state index in [2.05, 4.69) is 10.6 Å². The topological polar surface area (TPSA) is 84.5 Å². The number of benzene rings is 1. The summed E-state index contributed by atoms with van der Waals surface area (Å²) in [7, 11) is 0. The minimum absolute atomic E-state index is 0.0199. The number of hydrogen-bond acceptors (Lipinski definition) is 4. The Morgan fingerprint density at radius 2 is 1.71 bits per heavy atom. The van der Waals surface area contributed by atoms with Crippen LogP contribution in [0.25, 0.3) is 0 Å². The van der Waals surface area contributed by atoms with Crippen molar-refractivity contribution in [3.63, 3.8) is 0 Å². The Morgan fingerprint density at radius 1 is 1.08 bits per heavy atom. The molecule has 0 aliphatic carbocycles. The van der Waals surface area contributed by atoms with E-state index in [4.69, 9.17) is 16.3 Å². The summed E-state index contributed by atoms with van der Waals surface area (Å²) >= 11 is 5.93. The molecule has 1 aromatic rings. The van der Waals surface area contributed by atoms with Gasteiger partial charge in [-0.25, -0.2) is 4.79 Å². The van der Waals surface area contributed by atoms with Crippen LogP contribution >= 0.6 is 11.6 Å². The maximum Gasteiger partial charge on any atom is 0.328 e. The molecule has 0 aromatic heterocycles. The van der Waals surface area contributed by atoms with Crippen molar-refractivity contribution < 1.29 is 19.1 Å². The summed E-state index contributed by atoms with van der Waals surface area (Å²) in [6, 6.07) is 5.59. The molecule has 0 aliphatic heterocycles. The molecule has 0 radical (unpaired) electrons. The van der Waals surface area contributed by atoms with Crippen LogP contribution in [-0.2, 0) is 14.3 Å². The molecule has 2 N–H and O–H groups in total. The minimum Gasteiger partial charge on any atom is -0.454 e. The van der Waals surface area contributed by atoms with Gasteiger partial charge in [0.05, 0.1) is 10.6 Å². The predicted molar refractivity (Wildman–Crippen MR) is 91.8 cm³/mol. The van der Waals surface area contributed by atoms with E-state index in [0.29, 0.717) is 0 Å². The van der Waals surface area contributed by atoms with Crippen molar-refractivity contribution in [2.45, 2.75) is 39.8 Å². The molecule has 0 aliphatic rings. The first-order valence-corrected chi connectivity index (χ1v) is 8.11. The highest BCUT2D eigenvalue weighted by atomic mass is 35.5. The predicted octanol–water partition coefficient (Wildman–Crippen LogP) is 2.16. The quantitative estimate of drug-likeness (QED) is 0.735. The Kier molecular flexibility index (Phi) is 7.71. The van der Waals surface area contributed by atoms with E-state index in [1.807, 2.05) is 20.8 Å². The third-order valence-corrected chi connectivity index (χ3v) is 3.88. The molecule has 7 heteroatoms. The van der Waals surface area contributed by atoms with Gasteiger partial charge in [0.25, 0.3) is 11.8 Å². The second-order valence-electron chi connectivity index (χ2n) is 5.88. The largest absolute Gasteiger partial charge is 0.454 e. The molecule has 0 unspecified atom stereocenters. The Morgan fingerprint density at radius 3 is 2.29 bits per heavy atom. The van der Waals surface area contributed by atoms with Crippen LogP contribution in [0.15, 0.2) is 24.3 Å². The molecule has 0 saturated heterocycles. The summed E-state index contributed by atoms with van der Waals surface area (Å²) in [5.41, 5.74) is 0.266. The van der Waals surface area contributed by atoms with Gasteiger partial charge in [-0.2, -0.15) is 0 Å². The highest BCUT2D eigenvalue weighted by Crippen LogP contribution is 2.14. The van der Waals surface area contributed by atoms with Crippen molar-refractivity contribution in [3.8, 4) is 0 Å². The molecule has 2 atom stereocenters. The van der Waals surface area contributed by atoms with Gasteiger partial charge in [-0.05, 0) is 31.9 Å². The zero-order chi connectivity index (χ0) is 18.3. The molecule has 1 aromatic carbocycles. The maximum atomic E-state index is 12.1. The van der Waals surface area contributed by atoms with Crippen LogP contribution < -0.4 is 10.6 Å². The van der Waals surface area contributed by atoms with Crippen molar-refractivity contribution in [1.82, 2.24) is 10.6 Å². The second kappa shape index (κ2) is 9.27. The molecule has 2 amide bonds. The lowest BCUT2D eigenvalue weighted by atomic mass is 10.1. The highest BCUT2D eigenvalue weighted by Gasteiger charge is 2.20. The summed E-state index contributed by atoms with van der Waals surface area (Å²) in [6.07, 6.45) is 0. The number of amides is 2. The molecule has 132 valence electrons. The first-order valence-electron chi connectivity index (χ1n) is 7.73. The third-order valence-electron chi connectivity index (χ3n) is 3.55. The van der Waals surface area contributed by atoms with E-state index in [1.54, 1.807) is 24.3 Å². The van der Waals surface area contributed by atoms with Gasteiger partial charge in [-0.1, -0.05) is 37.6 Å². The molecule has 6 nitrogen and oxygen atoms in total. The van der Waals surface area contributed by atoms with E-state index in [-0.39, 0.29) is 35.1 Å². The average molecular weight is 355 g/mol. The Balaban J connectivity index is 2.46. The lowest BCUT2D eigenvalue weighted by Gasteiger charge is -2.18. The molecule has 0 fully saturated rings. The number of carbonyl (C=O) groups excluding carboxylic acids is 3. The number of hydrogen-bond donors (Lipinski definition) is 2. The van der Waals surface area contributed by atoms with Crippen LogP contribution in [0, 0.1) is 5.92 Å². The lowest BCUT2D eigenvalue weighted by Crippen LogP contribution is -2.42. The maximum absolute atomic E-state index is 12.1. The fourth-order valence-corrected chi connectivity index (χ4v) is 1.92. The standard InChI is InChI=1S/C17H23ClN2O4/c1-10(2)11(3)19-15(21)9-24-17(23)12(4)20-16(22)13-7-5-6-8-14(13)18/h5-8,10-12H,9H2,1-4H3,(H,19,21)(H,20,22)/t11-,12+/m1/s1. The van der Waals surface area contributed by atoms with E-state index in [0.717, 1.165) is 0 Å². The summed E-state index contributed by atoms with van der Waals surface area (Å²) < 4.78 is 4.91. The lowest BCUT2D eigenvalue weighted by molar-refractivity contribution is -0.150. The van der Waals surface area contributed by atoms with Crippen LogP contribution in [0.2, 0.25) is 5.02 Å². The Hall–Kier alpha value is -2.08. The fraction of sp³-hybridized carbons (Fsp3) is 0.471. The average Bonchev–Trinajstić information content (AvgIpc) is 2.52. The Bertz CT molecular complexity index is 604. The van der Waals surface area contributed by atoms with Gasteiger partial charge in [0.1, 0.15) is 6.04 Å². The van der Waals surface area contributed by atoms with Gasteiger partial charge < -0.3 is 15.4 Å². The molecular weight excluding hydrogens is 332 g/mol. The molecular formula is C17H23ClN2O4. The van der Waals surface area contributed by atoms with Gasteiger partial charge in [0.15, 0.2) is 6.61 Å². The van der Waals surface area contributed by atoms with Gasteiger partial charge in [-0.15, -0.1) is 0 Å². The van der Waals surface area contributed by atoms with E-state index in [1.165, 1.54) is 6.92 Å². The normalized spacial score (nSPS) is 13.1. The third kappa shape index (κ3) is 6.20. The molecule has 0 heterocycles. The second-order valence-corrected chi connectivity index (χ2v) is 6.29. The summed E-state index contributed by atoms with van der Waals surface area (Å²) in [6.45, 7) is 6.91. The number of rotatable bonds is 7. The number of carbonyl (C=O) groups is 3. The number of ether oxygens (including phenoxy) is 1. The minimum atomic E-state index is -0.899. The first-order chi connectivity index (χ1) is 11.2. The zero-order valence-corrected chi connectivity index (χ0v) is 15.0. The summed E-state index contributed by atoms with van der Waals surface area (Å²) in [4.78, 5) is 35.6. The van der Waals surface area contributed by atoms with E-state index >= 15 is 0 Å². The summed E-state index contributed by atoms with van der Waals surface area (Å²) in [5.74, 6) is -1.28. The highest BCUT2D eigenvalue weighted by molar-refractivity contribution is 6.33. The fourth-order valence-electron chi connectivity index (χ4n) is 1.70. The summed E-state index contributed by atoms with van der Waals surface area (Å²) in [5, 5.41) is 5.51. The van der Waals surface area contributed by atoms with Crippen molar-refractivity contribution in [3.05, 3.63) is 34.9 Å². The van der Waals surface area contributed by atoms with Crippen molar-refractivity contribution in [1.29, 1.82) is 0 Å². The van der Waals surface area contributed by atoms with Crippen LogP contribution in [0.1, 0.15) is 38.1 Å². The van der Waals surface area contributed by atoms with E-state index in [9.17, 15) is 14.4 Å².